The van der Waals surface area contributed by atoms with Gasteiger partial charge in [0.15, 0.2) is 0 Å². The minimum Gasteiger partial charge on any atom is -0.497 e. The zero-order valence-corrected chi connectivity index (χ0v) is 27.1. The summed E-state index contributed by atoms with van der Waals surface area (Å²) >= 11 is 0. The first-order chi connectivity index (χ1) is 21.6. The van der Waals surface area contributed by atoms with E-state index in [4.69, 9.17) is 9.47 Å². The van der Waals surface area contributed by atoms with Crippen LogP contribution in [0.25, 0.3) is 22.2 Å². The molecule has 2 fully saturated rings. The van der Waals surface area contributed by atoms with Crippen LogP contribution in [0.5, 0.6) is 5.75 Å². The van der Waals surface area contributed by atoms with Crippen LogP contribution in [-0.2, 0) is 26.3 Å². The standard InChI is InChI=1S/C34H42N4O6S/c1-36-15-17-44-18-16-37(2)45(41,42)35-32(39)23-9-11-26-29(19-23)38-21-34(33(36)40)14-13-28(34)27-20-24(43-3)10-12-25(27)31(38)30(26)22-7-5-4-6-8-22/h9-12,19-20,22,28H,4-8,13-18,21H2,1-3H3,(H,35,39). The van der Waals surface area contributed by atoms with Crippen molar-refractivity contribution < 1.29 is 27.5 Å². The number of benzene rings is 2. The number of ether oxygens (including phenoxy) is 2. The van der Waals surface area contributed by atoms with Crippen LogP contribution >= 0.6 is 0 Å². The summed E-state index contributed by atoms with van der Waals surface area (Å²) in [5.74, 6) is 0.533. The number of aromatic nitrogens is 1. The minimum atomic E-state index is -4.08. The molecule has 3 heterocycles. The van der Waals surface area contributed by atoms with Crippen molar-refractivity contribution in [2.75, 3.05) is 47.5 Å². The van der Waals surface area contributed by atoms with Crippen molar-refractivity contribution in [3.8, 4) is 17.0 Å². The first-order valence-electron chi connectivity index (χ1n) is 16.1. The van der Waals surface area contributed by atoms with Gasteiger partial charge in [-0.3, -0.25) is 9.59 Å². The lowest BCUT2D eigenvalue weighted by molar-refractivity contribution is -0.150. The molecule has 1 aromatic heterocycles. The smallest absolute Gasteiger partial charge is 0.303 e. The first-order valence-corrected chi connectivity index (χ1v) is 17.5. The number of fused-ring (bicyclic) bond motifs is 4. The molecule has 2 aliphatic carbocycles. The van der Waals surface area contributed by atoms with Gasteiger partial charge in [-0.25, -0.2) is 4.72 Å². The molecular weight excluding hydrogens is 592 g/mol. The Balaban J connectivity index is 1.50. The Hall–Kier alpha value is -3.41. The first kappa shape index (κ1) is 30.3. The van der Waals surface area contributed by atoms with E-state index in [0.29, 0.717) is 19.0 Å². The van der Waals surface area contributed by atoms with Crippen LogP contribution in [0.4, 0.5) is 0 Å². The zero-order valence-electron chi connectivity index (χ0n) is 26.3. The van der Waals surface area contributed by atoms with E-state index >= 15 is 0 Å². The summed E-state index contributed by atoms with van der Waals surface area (Å²) in [7, 11) is 0.841. The molecule has 0 saturated heterocycles. The molecule has 2 aliphatic heterocycles. The second kappa shape index (κ2) is 11.4. The van der Waals surface area contributed by atoms with Crippen LogP contribution < -0.4 is 9.46 Å². The van der Waals surface area contributed by atoms with Crippen LogP contribution in [0.3, 0.4) is 0 Å². The molecule has 45 heavy (non-hydrogen) atoms. The van der Waals surface area contributed by atoms with E-state index in [1.54, 1.807) is 18.1 Å². The van der Waals surface area contributed by atoms with Crippen molar-refractivity contribution in [3.63, 3.8) is 0 Å². The number of hydrogen-bond donors (Lipinski definition) is 1. The summed E-state index contributed by atoms with van der Waals surface area (Å²) in [4.78, 5) is 29.8. The molecule has 2 saturated carbocycles. The van der Waals surface area contributed by atoms with Gasteiger partial charge >= 0.3 is 10.2 Å². The third-order valence-electron chi connectivity index (χ3n) is 10.8. The van der Waals surface area contributed by atoms with Gasteiger partial charge in [-0.05, 0) is 73.1 Å². The number of amides is 2. The molecule has 0 radical (unpaired) electrons. The van der Waals surface area contributed by atoms with Crippen molar-refractivity contribution in [1.82, 2.24) is 18.5 Å². The third-order valence-corrected chi connectivity index (χ3v) is 12.2. The number of nitrogens with zero attached hydrogens (tertiary/aromatic N) is 3. The fourth-order valence-electron chi connectivity index (χ4n) is 8.19. The number of hydrogen-bond acceptors (Lipinski definition) is 6. The normalized spacial score (nSPS) is 26.1. The van der Waals surface area contributed by atoms with Crippen molar-refractivity contribution in [2.45, 2.75) is 63.3 Å². The Morgan fingerprint density at radius 1 is 0.978 bits per heavy atom. The molecule has 3 aromatic rings. The molecule has 2 atom stereocenters. The molecule has 2 amide bonds. The van der Waals surface area contributed by atoms with Crippen LogP contribution in [0.2, 0.25) is 0 Å². The molecule has 1 N–H and O–H groups in total. The predicted molar refractivity (Wildman–Crippen MR) is 172 cm³/mol. The maximum atomic E-state index is 14.6. The quantitative estimate of drug-likeness (QED) is 0.440. The third kappa shape index (κ3) is 4.94. The Labute approximate surface area is 264 Å². The van der Waals surface area contributed by atoms with Gasteiger partial charge in [0.25, 0.3) is 5.91 Å². The molecule has 4 aliphatic rings. The molecule has 1 spiro atoms. The van der Waals surface area contributed by atoms with Crippen LogP contribution in [0, 0.1) is 5.41 Å². The lowest BCUT2D eigenvalue weighted by Gasteiger charge is -2.49. The highest BCUT2D eigenvalue weighted by Crippen LogP contribution is 2.61. The van der Waals surface area contributed by atoms with Crippen molar-refractivity contribution in [2.24, 2.45) is 5.41 Å². The Kier molecular flexibility index (Phi) is 7.69. The average molecular weight is 635 g/mol. The number of rotatable bonds is 2. The largest absolute Gasteiger partial charge is 0.497 e. The highest BCUT2D eigenvalue weighted by atomic mass is 32.2. The molecule has 10 nitrogen and oxygen atoms in total. The van der Waals surface area contributed by atoms with Gasteiger partial charge < -0.3 is 18.9 Å². The Morgan fingerprint density at radius 3 is 2.49 bits per heavy atom. The average Bonchev–Trinajstić information content (AvgIpc) is 3.30. The van der Waals surface area contributed by atoms with E-state index in [2.05, 4.69) is 21.4 Å². The van der Waals surface area contributed by atoms with Gasteiger partial charge in [-0.2, -0.15) is 12.7 Å². The van der Waals surface area contributed by atoms with Crippen LogP contribution in [0.15, 0.2) is 36.4 Å². The summed E-state index contributed by atoms with van der Waals surface area (Å²) < 4.78 is 43.1. The highest BCUT2D eigenvalue weighted by Gasteiger charge is 2.57. The topological polar surface area (TPSA) is 110 Å². The SMILES string of the molecule is COc1ccc2c(c1)C1CCC13Cn1c-2c(C2CCCCC2)c2ccc(cc21)C(=O)NS(=O)(=O)N(C)CCOCCN(C)C3=O. The van der Waals surface area contributed by atoms with Gasteiger partial charge in [0.05, 0.1) is 31.4 Å². The van der Waals surface area contributed by atoms with Gasteiger partial charge in [-0.1, -0.05) is 25.3 Å². The van der Waals surface area contributed by atoms with Crippen molar-refractivity contribution in [1.29, 1.82) is 0 Å². The summed E-state index contributed by atoms with van der Waals surface area (Å²) in [6.07, 6.45) is 7.36. The lowest BCUT2D eigenvalue weighted by Crippen LogP contribution is -2.53. The summed E-state index contributed by atoms with van der Waals surface area (Å²) in [6, 6.07) is 11.8. The second-order valence-electron chi connectivity index (χ2n) is 13.2. The Morgan fingerprint density at radius 2 is 1.76 bits per heavy atom. The van der Waals surface area contributed by atoms with E-state index in [9.17, 15) is 18.0 Å². The molecule has 4 bridgehead atoms. The van der Waals surface area contributed by atoms with Gasteiger partial charge in [0, 0.05) is 61.7 Å². The maximum absolute atomic E-state index is 14.6. The van der Waals surface area contributed by atoms with Crippen molar-refractivity contribution in [3.05, 3.63) is 53.1 Å². The van der Waals surface area contributed by atoms with Gasteiger partial charge in [0.2, 0.25) is 5.91 Å². The molecule has 11 heteroatoms. The molecule has 2 unspecified atom stereocenters. The van der Waals surface area contributed by atoms with E-state index in [-0.39, 0.29) is 37.1 Å². The molecule has 7 rings (SSSR count). The number of likely N-dealkylation sites (N-methyl/N-ethyl adjacent to an activating group) is 2. The minimum absolute atomic E-state index is 0.0139. The summed E-state index contributed by atoms with van der Waals surface area (Å²) in [5.41, 5.74) is 5.09. The maximum Gasteiger partial charge on any atom is 0.303 e. The van der Waals surface area contributed by atoms with E-state index in [1.807, 2.05) is 25.2 Å². The monoisotopic (exact) mass is 634 g/mol. The second-order valence-corrected chi connectivity index (χ2v) is 15.0. The lowest BCUT2D eigenvalue weighted by atomic mass is 9.56. The van der Waals surface area contributed by atoms with E-state index in [1.165, 1.54) is 19.0 Å². The van der Waals surface area contributed by atoms with Crippen molar-refractivity contribution >= 4 is 32.9 Å². The molecule has 240 valence electrons. The van der Waals surface area contributed by atoms with Crippen LogP contribution in [0.1, 0.15) is 78.3 Å². The number of carbonyl (C=O) groups excluding carboxylic acids is 2. The highest BCUT2D eigenvalue weighted by molar-refractivity contribution is 7.87. The van der Waals surface area contributed by atoms with E-state index in [0.717, 1.165) is 76.3 Å². The summed E-state index contributed by atoms with van der Waals surface area (Å²) in [5, 5.41) is 1.07. The predicted octanol–water partition coefficient (Wildman–Crippen LogP) is 4.64. The Bertz CT molecular complexity index is 1780. The van der Waals surface area contributed by atoms with Gasteiger partial charge in [0.1, 0.15) is 5.75 Å². The summed E-state index contributed by atoms with van der Waals surface area (Å²) in [6.45, 7) is 1.35. The van der Waals surface area contributed by atoms with Gasteiger partial charge in [-0.15, -0.1) is 0 Å². The zero-order chi connectivity index (χ0) is 31.5. The molecule has 2 aromatic carbocycles. The fraction of sp³-hybridized carbons (Fsp3) is 0.529. The fourth-order valence-corrected chi connectivity index (χ4v) is 9.01. The van der Waals surface area contributed by atoms with Crippen LogP contribution in [-0.4, -0.2) is 81.5 Å². The van der Waals surface area contributed by atoms with E-state index < -0.39 is 21.5 Å². The number of carbonyl (C=O) groups is 2. The number of nitrogens with one attached hydrogen (secondary N) is 1. The number of methoxy groups -OCH3 is 1. The molecular formula is C34H42N4O6S.